The summed E-state index contributed by atoms with van der Waals surface area (Å²) in [6.45, 7) is 2.38. The first-order valence-electron chi connectivity index (χ1n) is 11.3. The first-order valence-corrected chi connectivity index (χ1v) is 12.8. The second-order valence-electron chi connectivity index (χ2n) is 10.1. The van der Waals surface area contributed by atoms with Gasteiger partial charge in [0.25, 0.3) is 5.56 Å². The highest BCUT2D eigenvalue weighted by Gasteiger charge is 2.74. The lowest BCUT2D eigenvalue weighted by Gasteiger charge is -2.17. The van der Waals surface area contributed by atoms with Crippen molar-refractivity contribution in [3.8, 4) is 0 Å². The summed E-state index contributed by atoms with van der Waals surface area (Å²) < 4.78 is 31.0. The van der Waals surface area contributed by atoms with E-state index in [0.717, 1.165) is 43.2 Å². The van der Waals surface area contributed by atoms with Gasteiger partial charge < -0.3 is 0 Å². The van der Waals surface area contributed by atoms with Crippen LogP contribution in [0, 0.1) is 17.3 Å². The Balaban J connectivity index is 1.46. The number of hydrogen-bond donors (Lipinski definition) is 2. The number of carbonyl (C=O) groups is 1. The summed E-state index contributed by atoms with van der Waals surface area (Å²) in [5.74, 6) is 0.406. The van der Waals surface area contributed by atoms with Gasteiger partial charge in [-0.15, -0.1) is 0 Å². The summed E-state index contributed by atoms with van der Waals surface area (Å²) >= 11 is 0. The van der Waals surface area contributed by atoms with Gasteiger partial charge in [0.05, 0.1) is 21.2 Å². The molecule has 9 nitrogen and oxygen atoms in total. The van der Waals surface area contributed by atoms with Crippen molar-refractivity contribution in [3.63, 3.8) is 0 Å². The smallest absolute Gasteiger partial charge is 0.291 e. The second kappa shape index (κ2) is 6.32. The lowest BCUT2D eigenvalue weighted by atomic mass is 10.2. The molecule has 0 aliphatic heterocycles. The van der Waals surface area contributed by atoms with Gasteiger partial charge in [0.2, 0.25) is 15.9 Å². The van der Waals surface area contributed by atoms with Crippen molar-refractivity contribution < 1.29 is 13.2 Å². The minimum atomic E-state index is -3.82. The van der Waals surface area contributed by atoms with Gasteiger partial charge in [-0.1, -0.05) is 6.92 Å². The Bertz CT molecular complexity index is 1390. The van der Waals surface area contributed by atoms with E-state index >= 15 is 0 Å². The fourth-order valence-electron chi connectivity index (χ4n) is 4.66. The van der Waals surface area contributed by atoms with Crippen LogP contribution in [-0.4, -0.2) is 29.1 Å². The minimum absolute atomic E-state index is 0.0145. The third-order valence-electron chi connectivity index (χ3n) is 7.79. The molecule has 6 rings (SSSR count). The Morgan fingerprint density at radius 3 is 2.44 bits per heavy atom. The van der Waals surface area contributed by atoms with E-state index in [9.17, 15) is 22.8 Å². The highest BCUT2D eigenvalue weighted by atomic mass is 32.2. The van der Waals surface area contributed by atoms with E-state index in [1.54, 1.807) is 0 Å². The van der Waals surface area contributed by atoms with E-state index in [2.05, 4.69) is 10.1 Å². The van der Waals surface area contributed by atoms with Crippen LogP contribution in [0.4, 0.5) is 0 Å². The zero-order valence-electron chi connectivity index (χ0n) is 17.9. The fourth-order valence-corrected chi connectivity index (χ4v) is 6.22. The number of benzene rings is 1. The summed E-state index contributed by atoms with van der Waals surface area (Å²) in [4.78, 5) is 39.0. The Kier molecular flexibility index (Phi) is 3.98. The average molecular weight is 459 g/mol. The van der Waals surface area contributed by atoms with Gasteiger partial charge in [0.15, 0.2) is 0 Å². The molecule has 0 bridgehead atoms. The van der Waals surface area contributed by atoms with Crippen LogP contribution in [0.3, 0.4) is 0 Å². The SMILES string of the molecule is CCC1(NS(=O)(=O)c2ccc3c(c2)c(=O)n(NC(=O)C24CC2C4)c(=O)n3CC2CC2)CC1. The number of carbonyl (C=O) groups excluding carboxylic acids is 1. The molecule has 0 saturated heterocycles. The van der Waals surface area contributed by atoms with Crippen LogP contribution in [0.25, 0.3) is 10.9 Å². The molecule has 2 aromatic rings. The largest absolute Gasteiger partial charge is 0.350 e. The van der Waals surface area contributed by atoms with Crippen molar-refractivity contribution in [2.75, 3.05) is 5.43 Å². The standard InChI is InChI=1S/C22H26N4O5S/c1-2-21(7-8-21)24-32(30,31)15-5-6-17-16(9-15)18(27)26(20(29)25(17)12-13-3-4-13)23-19(28)22-10-14(22)11-22/h5-6,9,13-14,24H,2-4,7-8,10-12H2,1H3,(H,23,28). The van der Waals surface area contributed by atoms with Gasteiger partial charge in [-0.3, -0.25) is 19.6 Å². The number of aromatic nitrogens is 2. The molecule has 4 saturated carbocycles. The summed E-state index contributed by atoms with van der Waals surface area (Å²) in [5.41, 5.74) is 0.820. The van der Waals surface area contributed by atoms with Crippen LogP contribution < -0.4 is 21.4 Å². The minimum Gasteiger partial charge on any atom is -0.291 e. The predicted octanol–water partition coefficient (Wildman–Crippen LogP) is 1.27. The van der Waals surface area contributed by atoms with Crippen LogP contribution in [0.2, 0.25) is 0 Å². The fraction of sp³-hybridized carbons (Fsp3) is 0.591. The van der Waals surface area contributed by atoms with Crippen LogP contribution >= 0.6 is 0 Å². The molecule has 4 aliphatic carbocycles. The zero-order valence-corrected chi connectivity index (χ0v) is 18.7. The highest BCUT2D eigenvalue weighted by Crippen LogP contribution is 2.75. The molecule has 32 heavy (non-hydrogen) atoms. The number of fused-ring (bicyclic) bond motifs is 2. The van der Waals surface area contributed by atoms with Gasteiger partial charge in [0.1, 0.15) is 0 Å². The van der Waals surface area contributed by atoms with Gasteiger partial charge in [0, 0.05) is 12.1 Å². The van der Waals surface area contributed by atoms with Crippen molar-refractivity contribution in [1.82, 2.24) is 14.0 Å². The molecular weight excluding hydrogens is 432 g/mol. The number of sulfonamides is 1. The summed E-state index contributed by atoms with van der Waals surface area (Å²) in [5, 5.41) is 0.107. The number of amides is 1. The Morgan fingerprint density at radius 2 is 1.88 bits per heavy atom. The molecule has 1 heterocycles. The van der Waals surface area contributed by atoms with Gasteiger partial charge in [-0.2, -0.15) is 4.68 Å². The molecule has 170 valence electrons. The normalized spacial score (nSPS) is 27.1. The summed E-state index contributed by atoms with van der Waals surface area (Å²) in [6, 6.07) is 4.30. The third kappa shape index (κ3) is 3.07. The van der Waals surface area contributed by atoms with Crippen molar-refractivity contribution in [2.24, 2.45) is 17.3 Å². The first kappa shape index (κ1) is 20.2. The maximum absolute atomic E-state index is 13.3. The predicted molar refractivity (Wildman–Crippen MR) is 117 cm³/mol. The maximum Gasteiger partial charge on any atom is 0.350 e. The number of nitrogens with one attached hydrogen (secondary N) is 2. The molecule has 10 heteroatoms. The third-order valence-corrected chi connectivity index (χ3v) is 9.37. The quantitative estimate of drug-likeness (QED) is 0.618. The highest BCUT2D eigenvalue weighted by molar-refractivity contribution is 7.89. The lowest BCUT2D eigenvalue weighted by molar-refractivity contribution is -0.120. The molecule has 4 aliphatic rings. The first-order chi connectivity index (χ1) is 15.2. The molecule has 1 aromatic carbocycles. The van der Waals surface area contributed by atoms with Gasteiger partial charge >= 0.3 is 5.69 Å². The van der Waals surface area contributed by atoms with Crippen LogP contribution in [0.15, 0.2) is 32.7 Å². The molecule has 0 atom stereocenters. The molecule has 1 amide bonds. The molecule has 0 radical (unpaired) electrons. The molecule has 2 N–H and O–H groups in total. The van der Waals surface area contributed by atoms with E-state index in [4.69, 9.17) is 0 Å². The Labute approximate surface area is 184 Å². The Hall–Kier alpha value is -2.46. The van der Waals surface area contributed by atoms with E-state index in [-0.39, 0.29) is 16.2 Å². The lowest BCUT2D eigenvalue weighted by Crippen LogP contribution is -2.48. The van der Waals surface area contributed by atoms with E-state index in [0.29, 0.717) is 30.3 Å². The zero-order chi connectivity index (χ0) is 22.5. The van der Waals surface area contributed by atoms with Gasteiger partial charge in [-0.05, 0) is 75.0 Å². The maximum atomic E-state index is 13.3. The van der Waals surface area contributed by atoms with Crippen molar-refractivity contribution >= 4 is 26.8 Å². The number of rotatable bonds is 8. The summed E-state index contributed by atoms with van der Waals surface area (Å²) in [6.07, 6.45) is 5.87. The van der Waals surface area contributed by atoms with E-state index in [1.807, 2.05) is 6.92 Å². The van der Waals surface area contributed by atoms with Gasteiger partial charge in [-0.25, -0.2) is 17.9 Å². The molecule has 4 fully saturated rings. The van der Waals surface area contributed by atoms with Crippen LogP contribution in [0.1, 0.15) is 51.9 Å². The number of hydrogen-bond acceptors (Lipinski definition) is 5. The van der Waals surface area contributed by atoms with Crippen LogP contribution in [0.5, 0.6) is 0 Å². The van der Waals surface area contributed by atoms with Crippen molar-refractivity contribution in [3.05, 3.63) is 39.0 Å². The number of nitrogens with zero attached hydrogens (tertiary/aromatic N) is 2. The Morgan fingerprint density at radius 1 is 1.19 bits per heavy atom. The molecule has 0 spiro atoms. The van der Waals surface area contributed by atoms with E-state index < -0.39 is 32.2 Å². The molecule has 0 unspecified atom stereocenters. The second-order valence-corrected chi connectivity index (χ2v) is 11.8. The average Bonchev–Trinajstić information content (AvgIpc) is 3.57. The van der Waals surface area contributed by atoms with Crippen molar-refractivity contribution in [1.29, 1.82) is 0 Å². The monoisotopic (exact) mass is 458 g/mol. The van der Waals surface area contributed by atoms with Crippen LogP contribution in [-0.2, 0) is 21.4 Å². The molecule has 1 aromatic heterocycles. The van der Waals surface area contributed by atoms with Crippen molar-refractivity contribution in [2.45, 2.75) is 68.8 Å². The molecular formula is C22H26N4O5S. The van der Waals surface area contributed by atoms with E-state index in [1.165, 1.54) is 22.8 Å². The topological polar surface area (TPSA) is 119 Å². The summed E-state index contributed by atoms with van der Waals surface area (Å²) in [7, 11) is -3.82.